The van der Waals surface area contributed by atoms with Crippen LogP contribution in [0.5, 0.6) is 0 Å². The van der Waals surface area contributed by atoms with E-state index in [1.54, 1.807) is 30.3 Å². The number of hydroxylamine groups is 1. The lowest BCUT2D eigenvalue weighted by Gasteiger charge is -2.06. The highest BCUT2D eigenvalue weighted by atomic mass is 16.5. The van der Waals surface area contributed by atoms with E-state index in [4.69, 9.17) is 5.21 Å². The maximum atomic E-state index is 12.3. The van der Waals surface area contributed by atoms with Gasteiger partial charge < -0.3 is 10.3 Å². The van der Waals surface area contributed by atoms with Crippen molar-refractivity contribution in [2.75, 3.05) is 6.54 Å². The minimum absolute atomic E-state index is 0.142. The number of nitrogens with one attached hydrogen (secondary N) is 3. The van der Waals surface area contributed by atoms with Crippen LogP contribution in [0.3, 0.4) is 0 Å². The van der Waals surface area contributed by atoms with Crippen LogP contribution in [0.15, 0.2) is 54.6 Å². The molecule has 2 amide bonds. The maximum Gasteiger partial charge on any atom is 0.267 e. The second-order valence-electron chi connectivity index (χ2n) is 6.21. The van der Waals surface area contributed by atoms with Crippen LogP contribution in [0.4, 0.5) is 0 Å². The number of aromatic nitrogens is 1. The number of hydrogen-bond acceptors (Lipinski definition) is 3. The van der Waals surface area contributed by atoms with Gasteiger partial charge in [0, 0.05) is 34.8 Å². The van der Waals surface area contributed by atoms with Crippen LogP contribution in [0.2, 0.25) is 0 Å². The summed E-state index contributed by atoms with van der Waals surface area (Å²) >= 11 is 0. The molecule has 2 aromatic carbocycles. The number of H-pyrrole nitrogens is 1. The van der Waals surface area contributed by atoms with E-state index in [1.807, 2.05) is 25.1 Å². The first-order valence-corrected chi connectivity index (χ1v) is 8.65. The monoisotopic (exact) mass is 363 g/mol. The SMILES string of the molecule is Cc1[nH]c2ccccc2c1CCNC(=O)c1ccc(C=CC(=O)NO)cc1. The standard InChI is InChI=1S/C21H21N3O3/c1-14-17(18-4-2-3-5-19(18)23-14)12-13-22-21(26)16-9-6-15(7-10-16)8-11-20(25)24-27/h2-11,23,27H,12-13H2,1H3,(H,22,26)(H,24,25). The Morgan fingerprint density at radius 2 is 1.85 bits per heavy atom. The zero-order valence-corrected chi connectivity index (χ0v) is 15.0. The molecule has 3 aromatic rings. The summed E-state index contributed by atoms with van der Waals surface area (Å²) in [4.78, 5) is 26.6. The van der Waals surface area contributed by atoms with Crippen LogP contribution in [0.1, 0.15) is 27.2 Å². The molecule has 0 atom stereocenters. The number of benzene rings is 2. The average Bonchev–Trinajstić information content (AvgIpc) is 3.01. The Labute approximate surface area is 156 Å². The smallest absolute Gasteiger partial charge is 0.267 e. The molecule has 1 heterocycles. The van der Waals surface area contributed by atoms with Crippen molar-refractivity contribution in [2.45, 2.75) is 13.3 Å². The molecule has 0 bridgehead atoms. The van der Waals surface area contributed by atoms with Gasteiger partial charge in [0.1, 0.15) is 0 Å². The number of fused-ring (bicyclic) bond motifs is 1. The largest absolute Gasteiger partial charge is 0.358 e. The predicted octanol–water partition coefficient (Wildman–Crippen LogP) is 2.97. The number of amides is 2. The summed E-state index contributed by atoms with van der Waals surface area (Å²) in [6.07, 6.45) is 3.50. The zero-order chi connectivity index (χ0) is 19.2. The summed E-state index contributed by atoms with van der Waals surface area (Å²) in [5.74, 6) is -0.750. The first-order chi connectivity index (χ1) is 13.1. The topological polar surface area (TPSA) is 94.2 Å². The number of carbonyl (C=O) groups excluding carboxylic acids is 2. The molecule has 138 valence electrons. The molecule has 27 heavy (non-hydrogen) atoms. The first kappa shape index (κ1) is 18.4. The second-order valence-corrected chi connectivity index (χ2v) is 6.21. The Morgan fingerprint density at radius 1 is 1.11 bits per heavy atom. The van der Waals surface area contributed by atoms with E-state index in [0.717, 1.165) is 23.2 Å². The van der Waals surface area contributed by atoms with Crippen molar-refractivity contribution in [3.8, 4) is 0 Å². The Balaban J connectivity index is 1.58. The predicted molar refractivity (Wildman–Crippen MR) is 104 cm³/mol. The maximum absolute atomic E-state index is 12.3. The van der Waals surface area contributed by atoms with Crippen molar-refractivity contribution < 1.29 is 14.8 Å². The summed E-state index contributed by atoms with van der Waals surface area (Å²) < 4.78 is 0. The Kier molecular flexibility index (Phi) is 5.68. The van der Waals surface area contributed by atoms with Gasteiger partial charge in [0.25, 0.3) is 11.8 Å². The van der Waals surface area contributed by atoms with Gasteiger partial charge in [-0.15, -0.1) is 0 Å². The molecule has 0 spiro atoms. The molecule has 1 aromatic heterocycles. The first-order valence-electron chi connectivity index (χ1n) is 8.65. The third-order valence-electron chi connectivity index (χ3n) is 4.40. The third-order valence-corrected chi connectivity index (χ3v) is 4.40. The van der Waals surface area contributed by atoms with Crippen molar-refractivity contribution >= 4 is 28.8 Å². The van der Waals surface area contributed by atoms with Crippen molar-refractivity contribution in [3.05, 3.63) is 77.0 Å². The van der Waals surface area contributed by atoms with Crippen molar-refractivity contribution in [3.63, 3.8) is 0 Å². The van der Waals surface area contributed by atoms with E-state index in [0.29, 0.717) is 12.1 Å². The lowest BCUT2D eigenvalue weighted by atomic mass is 10.1. The number of aryl methyl sites for hydroxylation is 1. The number of carbonyl (C=O) groups is 2. The fourth-order valence-electron chi connectivity index (χ4n) is 3.01. The minimum Gasteiger partial charge on any atom is -0.358 e. The van der Waals surface area contributed by atoms with Crippen molar-refractivity contribution in [1.29, 1.82) is 0 Å². The fourth-order valence-corrected chi connectivity index (χ4v) is 3.01. The molecular weight excluding hydrogens is 342 g/mol. The molecular formula is C21H21N3O3. The lowest BCUT2D eigenvalue weighted by molar-refractivity contribution is -0.124. The molecule has 0 aliphatic carbocycles. The summed E-state index contributed by atoms with van der Waals surface area (Å²) in [5, 5.41) is 12.6. The van der Waals surface area contributed by atoms with Gasteiger partial charge in [-0.05, 0) is 48.7 Å². The molecule has 4 N–H and O–H groups in total. The van der Waals surface area contributed by atoms with Gasteiger partial charge in [0.05, 0.1) is 0 Å². The molecule has 3 rings (SSSR count). The van der Waals surface area contributed by atoms with E-state index in [1.165, 1.54) is 22.5 Å². The molecule has 6 nitrogen and oxygen atoms in total. The highest BCUT2D eigenvalue weighted by molar-refractivity contribution is 5.95. The quantitative estimate of drug-likeness (QED) is 0.308. The molecule has 0 unspecified atom stereocenters. The van der Waals surface area contributed by atoms with E-state index >= 15 is 0 Å². The van der Waals surface area contributed by atoms with Gasteiger partial charge in [-0.3, -0.25) is 14.8 Å². The van der Waals surface area contributed by atoms with Crippen LogP contribution in [0, 0.1) is 6.92 Å². The summed E-state index contributed by atoms with van der Waals surface area (Å²) in [6, 6.07) is 15.0. The van der Waals surface area contributed by atoms with Crippen molar-refractivity contribution in [2.24, 2.45) is 0 Å². The number of para-hydroxylation sites is 1. The van der Waals surface area contributed by atoms with Gasteiger partial charge in [-0.1, -0.05) is 30.3 Å². The molecule has 0 aliphatic heterocycles. The molecule has 0 saturated heterocycles. The summed E-state index contributed by atoms with van der Waals surface area (Å²) in [5.41, 5.74) is 6.27. The zero-order valence-electron chi connectivity index (χ0n) is 15.0. The van der Waals surface area contributed by atoms with Crippen LogP contribution < -0.4 is 10.8 Å². The molecule has 6 heteroatoms. The minimum atomic E-state index is -0.607. The highest BCUT2D eigenvalue weighted by Crippen LogP contribution is 2.21. The summed E-state index contributed by atoms with van der Waals surface area (Å²) in [7, 11) is 0. The van der Waals surface area contributed by atoms with Crippen LogP contribution in [0.25, 0.3) is 17.0 Å². The van der Waals surface area contributed by atoms with Gasteiger partial charge in [-0.25, -0.2) is 5.48 Å². The molecule has 0 fully saturated rings. The Morgan fingerprint density at radius 3 is 2.59 bits per heavy atom. The second kappa shape index (κ2) is 8.33. The number of rotatable bonds is 6. The van der Waals surface area contributed by atoms with Gasteiger partial charge >= 0.3 is 0 Å². The van der Waals surface area contributed by atoms with Gasteiger partial charge in [0.15, 0.2) is 0 Å². The van der Waals surface area contributed by atoms with Crippen LogP contribution >= 0.6 is 0 Å². The van der Waals surface area contributed by atoms with E-state index in [2.05, 4.69) is 16.4 Å². The van der Waals surface area contributed by atoms with Crippen LogP contribution in [-0.4, -0.2) is 28.6 Å². The molecule has 0 radical (unpaired) electrons. The highest BCUT2D eigenvalue weighted by Gasteiger charge is 2.09. The Hall–Kier alpha value is -3.38. The van der Waals surface area contributed by atoms with E-state index in [-0.39, 0.29) is 5.91 Å². The number of aromatic amines is 1. The number of hydrogen-bond donors (Lipinski definition) is 4. The molecule has 0 aliphatic rings. The van der Waals surface area contributed by atoms with Gasteiger partial charge in [-0.2, -0.15) is 0 Å². The average molecular weight is 363 g/mol. The third kappa shape index (κ3) is 4.43. The Bertz CT molecular complexity index is 988. The van der Waals surface area contributed by atoms with Gasteiger partial charge in [0.2, 0.25) is 0 Å². The van der Waals surface area contributed by atoms with Crippen molar-refractivity contribution in [1.82, 2.24) is 15.8 Å². The van der Waals surface area contributed by atoms with Crippen LogP contribution in [-0.2, 0) is 11.2 Å². The van der Waals surface area contributed by atoms with E-state index < -0.39 is 5.91 Å². The van der Waals surface area contributed by atoms with E-state index in [9.17, 15) is 9.59 Å². The summed E-state index contributed by atoms with van der Waals surface area (Å²) in [6.45, 7) is 2.58. The normalized spacial score (nSPS) is 11.0. The lowest BCUT2D eigenvalue weighted by Crippen LogP contribution is -2.25. The fraction of sp³-hybridized carbons (Fsp3) is 0.143. The molecule has 0 saturated carbocycles.